The van der Waals surface area contributed by atoms with Crippen molar-refractivity contribution in [3.05, 3.63) is 51.2 Å². The molecule has 1 N–H and O–H groups in total. The molecule has 0 fully saturated rings. The number of carbonyl (C=O) groups excluding carboxylic acids is 1. The van der Waals surface area contributed by atoms with E-state index in [0.29, 0.717) is 27.9 Å². The van der Waals surface area contributed by atoms with Gasteiger partial charge in [0.05, 0.1) is 17.1 Å². The molecule has 3 rings (SSSR count). The minimum atomic E-state index is -0.668. The molecule has 0 aliphatic carbocycles. The van der Waals surface area contributed by atoms with Crippen LogP contribution in [-0.4, -0.2) is 38.0 Å². The number of nitro benzene ring substituents is 1. The zero-order valence-corrected chi connectivity index (χ0v) is 15.9. The number of nitrogens with one attached hydrogen (secondary N) is 1. The van der Waals surface area contributed by atoms with Gasteiger partial charge in [0.1, 0.15) is 6.04 Å². The number of non-ortho nitro benzene ring substituents is 1. The third-order valence-corrected chi connectivity index (χ3v) is 4.72. The minimum Gasteiger partial charge on any atom is -0.463 e. The van der Waals surface area contributed by atoms with Gasteiger partial charge in [-0.05, 0) is 25.2 Å². The van der Waals surface area contributed by atoms with Crippen LogP contribution < -0.4 is 5.32 Å². The predicted octanol–water partition coefficient (Wildman–Crippen LogP) is 3.15. The maximum atomic E-state index is 12.6. The Morgan fingerprint density at radius 3 is 2.89 bits per heavy atom. The number of esters is 1. The molecule has 0 spiro atoms. The first-order valence-electron chi connectivity index (χ1n) is 8.44. The van der Waals surface area contributed by atoms with Crippen LogP contribution in [0.1, 0.15) is 32.4 Å². The summed E-state index contributed by atoms with van der Waals surface area (Å²) in [6, 6.07) is 5.50. The predicted molar refractivity (Wildman–Crippen MR) is 101 cm³/mol. The lowest BCUT2D eigenvalue weighted by Gasteiger charge is -2.27. The lowest BCUT2D eigenvalue weighted by molar-refractivity contribution is -0.384. The van der Waals surface area contributed by atoms with Gasteiger partial charge in [-0.3, -0.25) is 10.1 Å². The van der Waals surface area contributed by atoms with Gasteiger partial charge in [-0.1, -0.05) is 30.8 Å². The summed E-state index contributed by atoms with van der Waals surface area (Å²) in [6.07, 6.45) is 0. The normalized spacial score (nSPS) is 15.9. The number of carbonyl (C=O) groups is 1. The number of aromatic nitrogens is 3. The van der Waals surface area contributed by atoms with Crippen molar-refractivity contribution in [2.75, 3.05) is 17.7 Å². The molecule has 0 saturated carbocycles. The van der Waals surface area contributed by atoms with E-state index in [0.717, 1.165) is 5.75 Å². The molecule has 142 valence electrons. The largest absolute Gasteiger partial charge is 0.463 e. The maximum Gasteiger partial charge on any atom is 0.338 e. The van der Waals surface area contributed by atoms with Crippen LogP contribution in [0.3, 0.4) is 0 Å². The van der Waals surface area contributed by atoms with E-state index >= 15 is 0 Å². The van der Waals surface area contributed by atoms with Crippen LogP contribution in [0.4, 0.5) is 11.6 Å². The topological polar surface area (TPSA) is 112 Å². The Kier molecular flexibility index (Phi) is 5.45. The van der Waals surface area contributed by atoms with Crippen molar-refractivity contribution in [3.63, 3.8) is 0 Å². The van der Waals surface area contributed by atoms with Gasteiger partial charge in [-0.25, -0.2) is 9.48 Å². The highest BCUT2D eigenvalue weighted by molar-refractivity contribution is 7.99. The minimum absolute atomic E-state index is 0.0586. The van der Waals surface area contributed by atoms with Crippen molar-refractivity contribution in [2.24, 2.45) is 0 Å². The van der Waals surface area contributed by atoms with E-state index < -0.39 is 16.9 Å². The molecule has 0 bridgehead atoms. The van der Waals surface area contributed by atoms with Crippen molar-refractivity contribution in [3.8, 4) is 0 Å². The highest BCUT2D eigenvalue weighted by Crippen LogP contribution is 2.37. The van der Waals surface area contributed by atoms with Gasteiger partial charge in [-0.15, -0.1) is 5.10 Å². The Bertz CT molecular complexity index is 924. The van der Waals surface area contributed by atoms with Gasteiger partial charge < -0.3 is 10.1 Å². The number of fused-ring (bicyclic) bond motifs is 1. The van der Waals surface area contributed by atoms with E-state index in [1.165, 1.54) is 23.9 Å². The average molecular weight is 389 g/mol. The monoisotopic (exact) mass is 389 g/mol. The summed E-state index contributed by atoms with van der Waals surface area (Å²) < 4.78 is 6.79. The molecule has 1 aromatic carbocycles. The van der Waals surface area contributed by atoms with Crippen molar-refractivity contribution >= 4 is 29.4 Å². The summed E-state index contributed by atoms with van der Waals surface area (Å²) in [6.45, 7) is 5.69. The molecule has 2 heterocycles. The molecule has 1 aliphatic heterocycles. The molecule has 1 aliphatic rings. The van der Waals surface area contributed by atoms with Crippen LogP contribution in [-0.2, 0) is 9.53 Å². The van der Waals surface area contributed by atoms with Crippen LogP contribution >= 0.6 is 11.8 Å². The van der Waals surface area contributed by atoms with Crippen LogP contribution in [0.5, 0.6) is 0 Å². The van der Waals surface area contributed by atoms with Crippen molar-refractivity contribution in [2.45, 2.75) is 32.0 Å². The number of nitro groups is 1. The van der Waals surface area contributed by atoms with Crippen molar-refractivity contribution in [1.29, 1.82) is 0 Å². The Morgan fingerprint density at radius 1 is 1.44 bits per heavy atom. The molecule has 9 nitrogen and oxygen atoms in total. The molecule has 0 saturated heterocycles. The second kappa shape index (κ2) is 7.78. The lowest BCUT2D eigenvalue weighted by atomic mass is 9.95. The zero-order chi connectivity index (χ0) is 19.6. The van der Waals surface area contributed by atoms with Gasteiger partial charge in [0, 0.05) is 17.8 Å². The van der Waals surface area contributed by atoms with Crippen LogP contribution in [0.25, 0.3) is 0 Å². The Morgan fingerprint density at radius 2 is 2.22 bits per heavy atom. The second-order valence-electron chi connectivity index (χ2n) is 5.73. The third kappa shape index (κ3) is 3.65. The van der Waals surface area contributed by atoms with E-state index in [1.807, 2.05) is 6.92 Å². The molecule has 27 heavy (non-hydrogen) atoms. The molecule has 1 aromatic heterocycles. The van der Waals surface area contributed by atoms with Gasteiger partial charge in [0.25, 0.3) is 5.69 Å². The quantitative estimate of drug-likeness (QED) is 0.347. The number of hydrogen-bond acceptors (Lipinski definition) is 8. The lowest BCUT2D eigenvalue weighted by Crippen LogP contribution is -2.29. The molecular formula is C17H19N5O4S. The summed E-state index contributed by atoms with van der Waals surface area (Å²) in [5.41, 5.74) is 1.43. The fourth-order valence-corrected chi connectivity index (χ4v) is 3.47. The summed E-state index contributed by atoms with van der Waals surface area (Å²) >= 11 is 1.47. The Hall–Kier alpha value is -2.88. The first-order chi connectivity index (χ1) is 13.0. The number of thioether (sulfide) groups is 1. The smallest absolute Gasteiger partial charge is 0.338 e. The maximum absolute atomic E-state index is 12.6. The first kappa shape index (κ1) is 18.9. The number of benzene rings is 1. The SMILES string of the molecule is CCOC(=O)C1=C(C)Nc2nc(SCC)nn2C1c1cccc([N+](=O)[O-])c1. The molecule has 1 atom stereocenters. The molecular weight excluding hydrogens is 370 g/mol. The van der Waals surface area contributed by atoms with E-state index in [-0.39, 0.29) is 12.3 Å². The number of hydrogen-bond donors (Lipinski definition) is 1. The highest BCUT2D eigenvalue weighted by atomic mass is 32.2. The number of rotatable bonds is 6. The molecule has 0 amide bonds. The summed E-state index contributed by atoms with van der Waals surface area (Å²) in [4.78, 5) is 27.8. The molecule has 10 heteroatoms. The van der Waals surface area contributed by atoms with Gasteiger partial charge in [0.2, 0.25) is 11.1 Å². The fourth-order valence-electron chi connectivity index (χ4n) is 2.91. The summed E-state index contributed by atoms with van der Waals surface area (Å²) in [5, 5.41) is 19.3. The van der Waals surface area contributed by atoms with E-state index in [1.54, 1.807) is 30.7 Å². The average Bonchev–Trinajstić information content (AvgIpc) is 3.03. The van der Waals surface area contributed by atoms with E-state index in [4.69, 9.17) is 4.74 Å². The van der Waals surface area contributed by atoms with Gasteiger partial charge >= 0.3 is 5.97 Å². The van der Waals surface area contributed by atoms with Crippen LogP contribution in [0.2, 0.25) is 0 Å². The van der Waals surface area contributed by atoms with Crippen molar-refractivity contribution in [1.82, 2.24) is 14.8 Å². The second-order valence-corrected chi connectivity index (χ2v) is 6.97. The standard InChI is InChI=1S/C17H19N5O4S/c1-4-26-15(23)13-10(3)18-16-19-17(27-5-2)20-21(16)14(13)11-7-6-8-12(9-11)22(24)25/h6-9,14H,4-5H2,1-3H3,(H,18,19,20). The summed E-state index contributed by atoms with van der Waals surface area (Å²) in [5.74, 6) is 0.778. The number of allylic oxidation sites excluding steroid dienone is 1. The molecule has 0 radical (unpaired) electrons. The van der Waals surface area contributed by atoms with E-state index in [9.17, 15) is 14.9 Å². The number of ether oxygens (including phenoxy) is 1. The number of anilines is 1. The zero-order valence-electron chi connectivity index (χ0n) is 15.1. The third-order valence-electron chi connectivity index (χ3n) is 4.00. The Labute approximate surface area is 160 Å². The van der Waals surface area contributed by atoms with Crippen LogP contribution in [0.15, 0.2) is 40.7 Å². The molecule has 2 aromatic rings. The van der Waals surface area contributed by atoms with Crippen LogP contribution in [0, 0.1) is 10.1 Å². The fraction of sp³-hybridized carbons (Fsp3) is 0.353. The summed E-state index contributed by atoms with van der Waals surface area (Å²) in [7, 11) is 0. The van der Waals surface area contributed by atoms with Gasteiger partial charge in [0.15, 0.2) is 0 Å². The van der Waals surface area contributed by atoms with Gasteiger partial charge in [-0.2, -0.15) is 4.98 Å². The highest BCUT2D eigenvalue weighted by Gasteiger charge is 2.35. The number of nitrogens with zero attached hydrogens (tertiary/aromatic N) is 4. The van der Waals surface area contributed by atoms with E-state index in [2.05, 4.69) is 15.4 Å². The Balaban J connectivity index is 2.16. The van der Waals surface area contributed by atoms with Crippen molar-refractivity contribution < 1.29 is 14.5 Å². The molecule has 1 unspecified atom stereocenters. The first-order valence-corrected chi connectivity index (χ1v) is 9.43.